The van der Waals surface area contributed by atoms with Crippen molar-refractivity contribution in [2.45, 2.75) is 9.71 Å². The molecule has 2 rings (SSSR count). The number of halogens is 4. The summed E-state index contributed by atoms with van der Waals surface area (Å²) in [6, 6.07) is 15.0. The normalized spacial score (nSPS) is 11.0. The van der Waals surface area contributed by atoms with Gasteiger partial charge >= 0.3 is 0 Å². The third-order valence-corrected chi connectivity index (χ3v) is 3.88. The molecular weight excluding hydrogens is 366 g/mol. The zero-order chi connectivity index (χ0) is 15.5. The SMILES string of the molecule is COc1ccc(C(c2ccc(OC)cc2)C(Cl)(Cl)Cl)cc1.Cl. The molecule has 0 bridgehead atoms. The van der Waals surface area contributed by atoms with Crippen molar-refractivity contribution in [2.24, 2.45) is 0 Å². The molecule has 0 aliphatic heterocycles. The van der Waals surface area contributed by atoms with E-state index in [0.717, 1.165) is 22.6 Å². The van der Waals surface area contributed by atoms with Crippen LogP contribution in [0.1, 0.15) is 17.0 Å². The molecule has 0 aliphatic rings. The molecule has 0 saturated carbocycles. The number of rotatable bonds is 4. The summed E-state index contributed by atoms with van der Waals surface area (Å²) in [5, 5.41) is 0. The second-order valence-electron chi connectivity index (χ2n) is 4.52. The van der Waals surface area contributed by atoms with Crippen LogP contribution in [0.15, 0.2) is 48.5 Å². The average Bonchev–Trinajstić information content (AvgIpc) is 2.47. The van der Waals surface area contributed by atoms with Crippen LogP contribution in [-0.4, -0.2) is 18.0 Å². The second-order valence-corrected chi connectivity index (χ2v) is 6.89. The Kier molecular flexibility index (Phi) is 7.14. The minimum Gasteiger partial charge on any atom is -0.497 e. The van der Waals surface area contributed by atoms with E-state index in [-0.39, 0.29) is 18.3 Å². The number of hydrogen-bond donors (Lipinski definition) is 0. The quantitative estimate of drug-likeness (QED) is 0.639. The van der Waals surface area contributed by atoms with Gasteiger partial charge in [-0.1, -0.05) is 59.1 Å². The predicted molar refractivity (Wildman–Crippen MR) is 95.4 cm³/mol. The Bertz CT molecular complexity index is 529. The molecule has 2 aromatic carbocycles. The van der Waals surface area contributed by atoms with E-state index in [4.69, 9.17) is 44.3 Å². The summed E-state index contributed by atoms with van der Waals surface area (Å²) < 4.78 is 8.85. The number of benzene rings is 2. The number of methoxy groups -OCH3 is 2. The molecule has 2 aromatic rings. The highest BCUT2D eigenvalue weighted by Crippen LogP contribution is 2.46. The molecule has 0 fully saturated rings. The van der Waals surface area contributed by atoms with Gasteiger partial charge in [0.1, 0.15) is 11.5 Å². The smallest absolute Gasteiger partial charge is 0.201 e. The maximum atomic E-state index is 6.18. The van der Waals surface area contributed by atoms with Crippen LogP contribution in [0.3, 0.4) is 0 Å². The molecule has 22 heavy (non-hydrogen) atoms. The van der Waals surface area contributed by atoms with Crippen LogP contribution in [-0.2, 0) is 0 Å². The van der Waals surface area contributed by atoms with Gasteiger partial charge in [0, 0.05) is 0 Å². The van der Waals surface area contributed by atoms with Crippen molar-refractivity contribution in [1.82, 2.24) is 0 Å². The van der Waals surface area contributed by atoms with Gasteiger partial charge in [-0.05, 0) is 35.4 Å². The van der Waals surface area contributed by atoms with E-state index in [0.29, 0.717) is 0 Å². The highest BCUT2D eigenvalue weighted by atomic mass is 35.6. The van der Waals surface area contributed by atoms with Gasteiger partial charge in [0.05, 0.1) is 20.1 Å². The zero-order valence-corrected chi connectivity index (χ0v) is 15.1. The predicted octanol–water partition coefficient (Wildman–Crippen LogP) is 5.63. The first-order chi connectivity index (χ1) is 9.95. The summed E-state index contributed by atoms with van der Waals surface area (Å²) in [5.41, 5.74) is 1.81. The van der Waals surface area contributed by atoms with Crippen LogP contribution < -0.4 is 9.47 Å². The van der Waals surface area contributed by atoms with Gasteiger partial charge in [-0.15, -0.1) is 12.4 Å². The van der Waals surface area contributed by atoms with Crippen LogP contribution in [0, 0.1) is 0 Å². The van der Waals surface area contributed by atoms with E-state index in [9.17, 15) is 0 Å². The molecule has 0 aliphatic carbocycles. The largest absolute Gasteiger partial charge is 0.497 e. The van der Waals surface area contributed by atoms with Gasteiger partial charge in [0.2, 0.25) is 3.79 Å². The van der Waals surface area contributed by atoms with Gasteiger partial charge in [0.25, 0.3) is 0 Å². The maximum absolute atomic E-state index is 6.18. The molecule has 0 spiro atoms. The molecule has 0 aromatic heterocycles. The Labute approximate surface area is 151 Å². The molecule has 0 radical (unpaired) electrons. The topological polar surface area (TPSA) is 18.5 Å². The van der Waals surface area contributed by atoms with Crippen molar-refractivity contribution in [3.05, 3.63) is 59.7 Å². The van der Waals surface area contributed by atoms with Crippen molar-refractivity contribution in [3.63, 3.8) is 0 Å². The highest BCUT2D eigenvalue weighted by Gasteiger charge is 2.35. The van der Waals surface area contributed by atoms with Gasteiger partial charge in [0.15, 0.2) is 0 Å². The van der Waals surface area contributed by atoms with Crippen LogP contribution in [0.5, 0.6) is 11.5 Å². The van der Waals surface area contributed by atoms with Gasteiger partial charge in [-0.25, -0.2) is 0 Å². The molecule has 0 saturated heterocycles. The summed E-state index contributed by atoms with van der Waals surface area (Å²) >= 11 is 18.6. The summed E-state index contributed by atoms with van der Waals surface area (Å²) in [6.45, 7) is 0. The Hall–Kier alpha value is -0.800. The molecule has 0 N–H and O–H groups in total. The highest BCUT2D eigenvalue weighted by molar-refractivity contribution is 6.68. The third-order valence-electron chi connectivity index (χ3n) is 3.23. The molecule has 0 atom stereocenters. The molecule has 6 heteroatoms. The maximum Gasteiger partial charge on any atom is 0.201 e. The Morgan fingerprint density at radius 1 is 0.727 bits per heavy atom. The monoisotopic (exact) mass is 380 g/mol. The van der Waals surface area contributed by atoms with Crippen molar-refractivity contribution in [2.75, 3.05) is 14.2 Å². The van der Waals surface area contributed by atoms with E-state index >= 15 is 0 Å². The lowest BCUT2D eigenvalue weighted by molar-refractivity contribution is 0.414. The Morgan fingerprint density at radius 3 is 1.27 bits per heavy atom. The number of alkyl halides is 3. The fraction of sp³-hybridized carbons (Fsp3) is 0.250. The third kappa shape index (κ3) is 4.60. The molecule has 0 amide bonds. The first-order valence-electron chi connectivity index (χ1n) is 6.30. The van der Waals surface area contributed by atoms with Gasteiger partial charge in [-0.2, -0.15) is 0 Å². The van der Waals surface area contributed by atoms with Crippen molar-refractivity contribution < 1.29 is 9.47 Å². The number of hydrogen-bond acceptors (Lipinski definition) is 2. The van der Waals surface area contributed by atoms with Gasteiger partial charge < -0.3 is 9.47 Å². The second kappa shape index (κ2) is 8.16. The zero-order valence-electron chi connectivity index (χ0n) is 12.1. The Morgan fingerprint density at radius 2 is 1.05 bits per heavy atom. The van der Waals surface area contributed by atoms with E-state index in [1.807, 2.05) is 48.5 Å². The fourth-order valence-corrected chi connectivity index (χ4v) is 2.92. The minimum atomic E-state index is -1.46. The van der Waals surface area contributed by atoms with Crippen molar-refractivity contribution in [3.8, 4) is 11.5 Å². The van der Waals surface area contributed by atoms with Crippen LogP contribution in [0.25, 0.3) is 0 Å². The standard InChI is InChI=1S/C16H15Cl3O2.ClH/c1-20-13-7-3-11(4-8-13)15(16(17,18)19)12-5-9-14(21-2)10-6-12;/h3-10,15H,1-2H3;1H. The molecule has 2 nitrogen and oxygen atoms in total. The van der Waals surface area contributed by atoms with E-state index in [2.05, 4.69) is 0 Å². The number of ether oxygens (including phenoxy) is 2. The van der Waals surface area contributed by atoms with Crippen LogP contribution in [0.4, 0.5) is 0 Å². The molecule has 0 unspecified atom stereocenters. The van der Waals surface area contributed by atoms with E-state index in [1.54, 1.807) is 14.2 Å². The van der Waals surface area contributed by atoms with Crippen LogP contribution >= 0.6 is 47.2 Å². The lowest BCUT2D eigenvalue weighted by Gasteiger charge is -2.25. The van der Waals surface area contributed by atoms with E-state index < -0.39 is 3.79 Å². The summed E-state index contributed by atoms with van der Waals surface area (Å²) in [6.07, 6.45) is 0. The summed E-state index contributed by atoms with van der Waals surface area (Å²) in [7, 11) is 3.23. The van der Waals surface area contributed by atoms with Crippen LogP contribution in [0.2, 0.25) is 0 Å². The van der Waals surface area contributed by atoms with Crippen molar-refractivity contribution >= 4 is 47.2 Å². The lowest BCUT2D eigenvalue weighted by atomic mass is 9.92. The minimum absolute atomic E-state index is 0. The first-order valence-corrected chi connectivity index (χ1v) is 7.43. The molecule has 120 valence electrons. The van der Waals surface area contributed by atoms with E-state index in [1.165, 1.54) is 0 Å². The average molecular weight is 382 g/mol. The summed E-state index contributed by atoms with van der Waals surface area (Å²) in [5.74, 6) is 1.15. The summed E-state index contributed by atoms with van der Waals surface area (Å²) in [4.78, 5) is 0. The molecular formula is C16H16Cl4O2. The fourth-order valence-electron chi connectivity index (χ4n) is 2.16. The lowest BCUT2D eigenvalue weighted by Crippen LogP contribution is -2.18. The molecule has 0 heterocycles. The van der Waals surface area contributed by atoms with Crippen molar-refractivity contribution in [1.29, 1.82) is 0 Å². The first kappa shape index (κ1) is 19.2. The Balaban J connectivity index is 0.00000242. The van der Waals surface area contributed by atoms with Gasteiger partial charge in [-0.3, -0.25) is 0 Å².